The largest absolute Gasteiger partial charge is 2.00 e. The Morgan fingerprint density at radius 3 is 1.88 bits per heavy atom. The van der Waals surface area contributed by atoms with E-state index < -0.39 is 0 Å². The first-order valence-electron chi connectivity index (χ1n) is 9.84. The van der Waals surface area contributed by atoms with E-state index in [2.05, 4.69) is 16.6 Å². The van der Waals surface area contributed by atoms with E-state index in [0.717, 1.165) is 22.6 Å². The molecule has 34 heavy (non-hydrogen) atoms. The van der Waals surface area contributed by atoms with Gasteiger partial charge in [-0.2, -0.15) is 0 Å². The Bertz CT molecular complexity index is 1140. The summed E-state index contributed by atoms with van der Waals surface area (Å²) in [5.41, 5.74) is 4.25. The summed E-state index contributed by atoms with van der Waals surface area (Å²) in [6.45, 7) is 5.23. The molecule has 0 fully saturated rings. The molecule has 0 unspecified atom stereocenters. The topological polar surface area (TPSA) is 77.7 Å². The number of halogens is 1. The monoisotopic (exact) mass is 560 g/mol. The zero-order chi connectivity index (χ0) is 23.0. The number of rotatable bonds is 4. The van der Waals surface area contributed by atoms with Crippen LogP contribution in [0.3, 0.4) is 0 Å². The molecule has 0 amide bonds. The van der Waals surface area contributed by atoms with Gasteiger partial charge in [0, 0.05) is 29.9 Å². The van der Waals surface area contributed by atoms with Crippen LogP contribution in [0.1, 0.15) is 18.1 Å². The van der Waals surface area contributed by atoms with Crippen molar-refractivity contribution in [1.29, 1.82) is 0 Å². The number of para-hydroxylation sites is 3. The van der Waals surface area contributed by atoms with Crippen LogP contribution in [-0.4, -0.2) is 22.0 Å². The number of hydrogen-bond donors (Lipinski definition) is 1. The molecule has 172 valence electrons. The summed E-state index contributed by atoms with van der Waals surface area (Å²) in [5, 5.41) is 9.83. The normalized spacial score (nSPS) is 9.79. The van der Waals surface area contributed by atoms with Gasteiger partial charge in [0.1, 0.15) is 5.75 Å². The van der Waals surface area contributed by atoms with E-state index in [1.807, 2.05) is 91.9 Å². The molecule has 7 heteroatoms. The van der Waals surface area contributed by atoms with Crippen LogP contribution in [0, 0.1) is 6.65 Å². The zero-order valence-corrected chi connectivity index (χ0v) is 21.1. The molecule has 0 saturated carbocycles. The summed E-state index contributed by atoms with van der Waals surface area (Å²) in [5.74, 6) is 0.211. The predicted molar refractivity (Wildman–Crippen MR) is 137 cm³/mol. The zero-order valence-electron chi connectivity index (χ0n) is 18.5. The minimum absolute atomic E-state index is 0. The van der Waals surface area contributed by atoms with Crippen LogP contribution in [0.25, 0.3) is 0 Å². The van der Waals surface area contributed by atoms with Crippen LogP contribution in [0.15, 0.2) is 119 Å². The number of aromatic hydroxyl groups is 1. The molecule has 0 aliphatic carbocycles. The van der Waals surface area contributed by atoms with Crippen molar-refractivity contribution in [3.8, 4) is 12.4 Å². The Kier molecular flexibility index (Phi) is 16.3. The van der Waals surface area contributed by atoms with Crippen molar-refractivity contribution >= 4 is 35.7 Å². The fourth-order valence-corrected chi connectivity index (χ4v) is 2.64. The quantitative estimate of drug-likeness (QED) is 0.170. The third kappa shape index (κ3) is 10.5. The molecule has 1 aromatic heterocycles. The van der Waals surface area contributed by atoms with Gasteiger partial charge in [-0.05, 0) is 48.9 Å². The Labute approximate surface area is 219 Å². The van der Waals surface area contributed by atoms with Crippen LogP contribution >= 0.6 is 12.4 Å². The Balaban J connectivity index is 0.000000939. The maximum atomic E-state index is 9.83. The van der Waals surface area contributed by atoms with Crippen molar-refractivity contribution in [3.63, 3.8) is 0 Å². The van der Waals surface area contributed by atoms with Crippen LogP contribution in [0.4, 0.5) is 11.4 Å². The fourth-order valence-electron chi connectivity index (χ4n) is 2.64. The molecule has 0 bridgehead atoms. The van der Waals surface area contributed by atoms with Crippen molar-refractivity contribution in [2.45, 2.75) is 6.92 Å². The first-order chi connectivity index (χ1) is 15.7. The average molecular weight is 560 g/mol. The maximum absolute atomic E-state index is 9.83. The summed E-state index contributed by atoms with van der Waals surface area (Å²) in [7, 11) is 0. The number of benzene rings is 3. The van der Waals surface area contributed by atoms with Gasteiger partial charge in [-0.25, -0.2) is 0 Å². The second kappa shape index (κ2) is 18.1. The molecule has 1 N–H and O–H groups in total. The van der Waals surface area contributed by atoms with Crippen molar-refractivity contribution < 1.29 is 29.2 Å². The van der Waals surface area contributed by atoms with Crippen molar-refractivity contribution in [3.05, 3.63) is 121 Å². The van der Waals surface area contributed by atoms with Gasteiger partial charge >= 0.3 is 30.8 Å². The molecule has 3 aromatic carbocycles. The van der Waals surface area contributed by atoms with Gasteiger partial charge in [0.05, 0.1) is 11.4 Å². The van der Waals surface area contributed by atoms with Gasteiger partial charge in [0.2, 0.25) is 0 Å². The van der Waals surface area contributed by atoms with E-state index in [4.69, 9.17) is 9.64 Å². The van der Waals surface area contributed by atoms with Gasteiger partial charge in [-0.1, -0.05) is 60.7 Å². The number of aliphatic imine (C=N–C) groups is 2. The second-order valence-electron chi connectivity index (χ2n) is 6.39. The standard InChI is InChI=1S/C21H18N2O.C5H5N.CHO.ClH.Ru/c1-16(17-9-3-2-4-10-17)23-20-13-7-6-12-19(20)22-15-18-11-5-8-14-21(18)24;1-2-4-6-5-3-1;1-2;;/h2-15,24H,1H3;1-5H;1H;1H;/q;;+1;;+2. The number of phenols is 1. The first kappa shape index (κ1) is 30.6. The SMILES string of the molecule is C#[O+].CC(=Nc1ccccc1N=Cc1ccccc1O)c1ccccc1.Cl.[Ru+2].c1ccncc1. The Morgan fingerprint density at radius 2 is 1.32 bits per heavy atom. The molecule has 0 radical (unpaired) electrons. The molecular weight excluding hydrogens is 535 g/mol. The number of aromatic nitrogens is 1. The number of phenolic OH excluding ortho intramolecular Hbond substituents is 1. The van der Waals surface area contributed by atoms with E-state index in [1.54, 1.807) is 30.7 Å². The summed E-state index contributed by atoms with van der Waals surface area (Å²) < 4.78 is 7.75. The molecule has 0 aliphatic heterocycles. The summed E-state index contributed by atoms with van der Waals surface area (Å²) in [4.78, 5) is 13.0. The van der Waals surface area contributed by atoms with E-state index in [1.165, 1.54) is 0 Å². The van der Waals surface area contributed by atoms with Gasteiger partial charge in [-0.15, -0.1) is 12.4 Å². The van der Waals surface area contributed by atoms with E-state index in [9.17, 15) is 5.11 Å². The minimum Gasteiger partial charge on any atom is -0.507 e. The third-order valence-corrected chi connectivity index (χ3v) is 4.21. The number of hydrogen-bond acceptors (Lipinski definition) is 4. The van der Waals surface area contributed by atoms with E-state index in [-0.39, 0.29) is 37.6 Å². The average Bonchev–Trinajstić information content (AvgIpc) is 2.87. The van der Waals surface area contributed by atoms with E-state index in [0.29, 0.717) is 5.56 Å². The number of nitrogens with zero attached hydrogens (tertiary/aromatic N) is 3. The third-order valence-electron chi connectivity index (χ3n) is 4.21. The van der Waals surface area contributed by atoms with Gasteiger partial charge in [0.25, 0.3) is 0 Å². The Hall–Kier alpha value is -3.40. The molecule has 0 saturated heterocycles. The molecule has 0 atom stereocenters. The van der Waals surface area contributed by atoms with Crippen molar-refractivity contribution in [2.24, 2.45) is 9.98 Å². The first-order valence-corrected chi connectivity index (χ1v) is 9.84. The fraction of sp³-hybridized carbons (Fsp3) is 0.0370. The molecule has 0 aliphatic rings. The van der Waals surface area contributed by atoms with Crippen molar-refractivity contribution in [2.75, 3.05) is 0 Å². The van der Waals surface area contributed by atoms with Crippen LogP contribution in [0.2, 0.25) is 0 Å². The molecular formula is C27H25ClN3O2Ru+3. The predicted octanol–water partition coefficient (Wildman–Crippen LogP) is 6.79. The van der Waals surface area contributed by atoms with Gasteiger partial charge < -0.3 is 5.11 Å². The summed E-state index contributed by atoms with van der Waals surface area (Å²) >= 11 is 0. The van der Waals surface area contributed by atoms with Crippen LogP contribution in [0.5, 0.6) is 5.75 Å². The van der Waals surface area contributed by atoms with Crippen molar-refractivity contribution in [1.82, 2.24) is 4.98 Å². The molecule has 5 nitrogen and oxygen atoms in total. The molecule has 1 heterocycles. The van der Waals surface area contributed by atoms with Crippen LogP contribution in [-0.2, 0) is 24.1 Å². The molecule has 4 rings (SSSR count). The minimum atomic E-state index is 0. The van der Waals surface area contributed by atoms with Crippen LogP contribution < -0.4 is 0 Å². The van der Waals surface area contributed by atoms with Gasteiger partial charge in [0.15, 0.2) is 0 Å². The maximum Gasteiger partial charge on any atom is 2.00 e. The van der Waals surface area contributed by atoms with Gasteiger partial charge in [-0.3, -0.25) is 15.0 Å². The molecule has 4 aromatic rings. The summed E-state index contributed by atoms with van der Waals surface area (Å²) in [6.07, 6.45) is 5.15. The van der Waals surface area contributed by atoms with E-state index >= 15 is 0 Å². The molecule has 0 spiro atoms. The summed E-state index contributed by atoms with van der Waals surface area (Å²) in [6, 6.07) is 30.6. The Morgan fingerprint density at radius 1 is 0.794 bits per heavy atom. The smallest absolute Gasteiger partial charge is 0.507 e. The number of pyridine rings is 1. The second-order valence-corrected chi connectivity index (χ2v) is 6.39.